The second kappa shape index (κ2) is 5.61. The highest BCUT2D eigenvalue weighted by Crippen LogP contribution is 2.17. The van der Waals surface area contributed by atoms with Crippen molar-refractivity contribution in [1.29, 1.82) is 0 Å². The van der Waals surface area contributed by atoms with Gasteiger partial charge in [-0.05, 0) is 6.42 Å². The lowest BCUT2D eigenvalue weighted by Crippen LogP contribution is -2.29. The fourth-order valence-electron chi connectivity index (χ4n) is 1.70. The van der Waals surface area contributed by atoms with Crippen molar-refractivity contribution in [3.8, 4) is 0 Å². The maximum absolute atomic E-state index is 11.5. The first-order valence-electron chi connectivity index (χ1n) is 5.25. The van der Waals surface area contributed by atoms with Crippen molar-refractivity contribution in [2.75, 3.05) is 26.0 Å². The van der Waals surface area contributed by atoms with Gasteiger partial charge in [0.15, 0.2) is 0 Å². The van der Waals surface area contributed by atoms with Crippen LogP contribution in [0.2, 0.25) is 0 Å². The Kier molecular flexibility index (Phi) is 4.73. The Labute approximate surface area is 93.1 Å². The SMILES string of the molecule is CC(CCN1CC(CO)CC1=O)S(C)=O. The minimum absolute atomic E-state index is 0.0809. The lowest BCUT2D eigenvalue weighted by molar-refractivity contribution is -0.127. The van der Waals surface area contributed by atoms with Crippen LogP contribution < -0.4 is 0 Å². The number of rotatable bonds is 5. The predicted octanol–water partition coefficient (Wildman–Crippen LogP) is -0.0157. The number of amides is 1. The molecule has 3 atom stereocenters. The number of likely N-dealkylation sites (tertiary alicyclic amines) is 1. The molecule has 0 radical (unpaired) electrons. The molecule has 1 heterocycles. The zero-order chi connectivity index (χ0) is 11.4. The van der Waals surface area contributed by atoms with Gasteiger partial charge < -0.3 is 10.0 Å². The second-order valence-corrected chi connectivity index (χ2v) is 5.99. The van der Waals surface area contributed by atoms with Gasteiger partial charge in [-0.15, -0.1) is 0 Å². The molecule has 3 unspecified atom stereocenters. The van der Waals surface area contributed by atoms with Gasteiger partial charge in [0.1, 0.15) is 0 Å². The smallest absolute Gasteiger partial charge is 0.223 e. The molecular formula is C10H19NO3S. The van der Waals surface area contributed by atoms with Crippen molar-refractivity contribution in [2.45, 2.75) is 25.0 Å². The van der Waals surface area contributed by atoms with E-state index in [9.17, 15) is 9.00 Å². The first kappa shape index (κ1) is 12.6. The number of hydrogen-bond donors (Lipinski definition) is 1. The van der Waals surface area contributed by atoms with Gasteiger partial charge in [-0.3, -0.25) is 9.00 Å². The zero-order valence-corrected chi connectivity index (χ0v) is 10.1. The van der Waals surface area contributed by atoms with Crippen LogP contribution in [0.4, 0.5) is 0 Å². The minimum atomic E-state index is -0.819. The minimum Gasteiger partial charge on any atom is -0.396 e. The van der Waals surface area contributed by atoms with Gasteiger partial charge in [0.2, 0.25) is 5.91 Å². The van der Waals surface area contributed by atoms with E-state index in [1.165, 1.54) is 0 Å². The molecule has 88 valence electrons. The monoisotopic (exact) mass is 233 g/mol. The van der Waals surface area contributed by atoms with E-state index in [1.807, 2.05) is 6.92 Å². The van der Waals surface area contributed by atoms with Crippen molar-refractivity contribution in [2.24, 2.45) is 5.92 Å². The molecule has 0 spiro atoms. The van der Waals surface area contributed by atoms with Gasteiger partial charge in [-0.1, -0.05) is 6.92 Å². The third kappa shape index (κ3) is 3.57. The average Bonchev–Trinajstić information content (AvgIpc) is 2.55. The van der Waals surface area contributed by atoms with Gasteiger partial charge in [-0.2, -0.15) is 0 Å². The summed E-state index contributed by atoms with van der Waals surface area (Å²) >= 11 is 0. The number of aliphatic hydroxyl groups is 1. The molecule has 0 aromatic rings. The van der Waals surface area contributed by atoms with Gasteiger partial charge in [-0.25, -0.2) is 0 Å². The van der Waals surface area contributed by atoms with Gasteiger partial charge in [0.25, 0.3) is 0 Å². The number of aliphatic hydroxyl groups excluding tert-OH is 1. The predicted molar refractivity (Wildman–Crippen MR) is 59.9 cm³/mol. The number of carbonyl (C=O) groups is 1. The van der Waals surface area contributed by atoms with Crippen molar-refractivity contribution in [3.05, 3.63) is 0 Å². The summed E-state index contributed by atoms with van der Waals surface area (Å²) in [6.45, 7) is 3.33. The summed E-state index contributed by atoms with van der Waals surface area (Å²) < 4.78 is 11.1. The van der Waals surface area contributed by atoms with Crippen LogP contribution in [0.3, 0.4) is 0 Å². The Hall–Kier alpha value is -0.420. The van der Waals surface area contributed by atoms with Crippen LogP contribution in [0.1, 0.15) is 19.8 Å². The molecule has 0 saturated carbocycles. The van der Waals surface area contributed by atoms with E-state index in [1.54, 1.807) is 11.2 Å². The number of nitrogens with zero attached hydrogens (tertiary/aromatic N) is 1. The van der Waals surface area contributed by atoms with E-state index >= 15 is 0 Å². The third-order valence-corrected chi connectivity index (χ3v) is 4.29. The molecule has 0 bridgehead atoms. The maximum Gasteiger partial charge on any atom is 0.223 e. The average molecular weight is 233 g/mol. The molecule has 0 aliphatic carbocycles. The molecule has 4 nitrogen and oxygen atoms in total. The van der Waals surface area contributed by atoms with Gasteiger partial charge in [0, 0.05) is 54.3 Å². The second-order valence-electron chi connectivity index (χ2n) is 4.19. The van der Waals surface area contributed by atoms with Crippen molar-refractivity contribution in [1.82, 2.24) is 4.90 Å². The van der Waals surface area contributed by atoms with Crippen molar-refractivity contribution in [3.63, 3.8) is 0 Å². The first-order chi connectivity index (χ1) is 7.04. The van der Waals surface area contributed by atoms with Crippen LogP contribution in [0.15, 0.2) is 0 Å². The molecular weight excluding hydrogens is 214 g/mol. The van der Waals surface area contributed by atoms with E-state index in [-0.39, 0.29) is 23.7 Å². The largest absolute Gasteiger partial charge is 0.396 e. The van der Waals surface area contributed by atoms with Crippen LogP contribution >= 0.6 is 0 Å². The van der Waals surface area contributed by atoms with Crippen LogP contribution in [-0.2, 0) is 15.6 Å². The van der Waals surface area contributed by atoms with E-state index < -0.39 is 10.8 Å². The molecule has 1 amide bonds. The van der Waals surface area contributed by atoms with Gasteiger partial charge in [0.05, 0.1) is 0 Å². The highest BCUT2D eigenvalue weighted by molar-refractivity contribution is 7.84. The maximum atomic E-state index is 11.5. The summed E-state index contributed by atoms with van der Waals surface area (Å²) in [5, 5.41) is 9.07. The normalized spacial score (nSPS) is 25.7. The molecule has 1 saturated heterocycles. The summed E-state index contributed by atoms with van der Waals surface area (Å²) in [5.74, 6) is 0.211. The molecule has 1 fully saturated rings. The first-order valence-corrected chi connectivity index (χ1v) is 6.87. The summed E-state index contributed by atoms with van der Waals surface area (Å²) in [5.41, 5.74) is 0. The van der Waals surface area contributed by atoms with Crippen LogP contribution in [0, 0.1) is 5.92 Å². The molecule has 1 aliphatic heterocycles. The fraction of sp³-hybridized carbons (Fsp3) is 0.900. The summed E-state index contributed by atoms with van der Waals surface area (Å²) in [6.07, 6.45) is 2.92. The zero-order valence-electron chi connectivity index (χ0n) is 9.31. The fourth-order valence-corrected chi connectivity index (χ4v) is 2.13. The molecule has 1 N–H and O–H groups in total. The van der Waals surface area contributed by atoms with Crippen molar-refractivity contribution < 1.29 is 14.1 Å². The van der Waals surface area contributed by atoms with Crippen LogP contribution in [0.5, 0.6) is 0 Å². The number of carbonyl (C=O) groups excluding carboxylic acids is 1. The summed E-state index contributed by atoms with van der Waals surface area (Å²) in [6, 6.07) is 0. The Morgan fingerprint density at radius 1 is 1.67 bits per heavy atom. The van der Waals surface area contributed by atoms with E-state index in [4.69, 9.17) is 5.11 Å². The molecule has 0 aromatic heterocycles. The van der Waals surface area contributed by atoms with Gasteiger partial charge >= 0.3 is 0 Å². The highest BCUT2D eigenvalue weighted by Gasteiger charge is 2.28. The van der Waals surface area contributed by atoms with Crippen LogP contribution in [-0.4, -0.2) is 51.3 Å². The van der Waals surface area contributed by atoms with E-state index in [2.05, 4.69) is 0 Å². The molecule has 5 heteroatoms. The lowest BCUT2D eigenvalue weighted by atomic mass is 10.1. The Morgan fingerprint density at radius 3 is 2.80 bits per heavy atom. The van der Waals surface area contributed by atoms with E-state index in [0.29, 0.717) is 19.5 Å². The topological polar surface area (TPSA) is 57.6 Å². The highest BCUT2D eigenvalue weighted by atomic mass is 32.2. The Morgan fingerprint density at radius 2 is 2.33 bits per heavy atom. The number of hydrogen-bond acceptors (Lipinski definition) is 3. The molecule has 1 rings (SSSR count). The third-order valence-electron chi connectivity index (χ3n) is 2.92. The molecule has 0 aromatic carbocycles. The standard InChI is InChI=1S/C10H19NO3S/c1-8(15(2)14)3-4-11-6-9(7-12)5-10(11)13/h8-9,12H,3-7H2,1-2H3. The summed E-state index contributed by atoms with van der Waals surface area (Å²) in [4.78, 5) is 13.2. The lowest BCUT2D eigenvalue weighted by Gasteiger charge is -2.18. The Balaban J connectivity index is 2.33. The Bertz CT molecular complexity index is 257. The van der Waals surface area contributed by atoms with Crippen LogP contribution in [0.25, 0.3) is 0 Å². The molecule has 1 aliphatic rings. The quantitative estimate of drug-likeness (QED) is 0.726. The van der Waals surface area contributed by atoms with Crippen molar-refractivity contribution >= 4 is 16.7 Å². The summed E-state index contributed by atoms with van der Waals surface area (Å²) in [7, 11) is -0.819. The molecule has 15 heavy (non-hydrogen) atoms. The van der Waals surface area contributed by atoms with E-state index in [0.717, 1.165) is 6.42 Å².